The molecule has 7 heteroatoms. The number of aryl methyl sites for hydroxylation is 1. The normalized spacial score (nSPS) is 14.5. The molecule has 4 rings (SSSR count). The Hall–Kier alpha value is -2.41. The third kappa shape index (κ3) is 1.96. The van der Waals surface area contributed by atoms with Gasteiger partial charge in [-0.3, -0.25) is 9.20 Å². The van der Waals surface area contributed by atoms with Crippen molar-refractivity contribution in [3.8, 4) is 11.1 Å². The van der Waals surface area contributed by atoms with Crippen molar-refractivity contribution in [2.75, 3.05) is 5.84 Å². The number of aromatic nitrogens is 2. The van der Waals surface area contributed by atoms with Gasteiger partial charge in [0.15, 0.2) is 0 Å². The van der Waals surface area contributed by atoms with Crippen molar-refractivity contribution in [2.24, 2.45) is 0 Å². The average Bonchev–Trinajstić information content (AvgIpc) is 3.21. The van der Waals surface area contributed by atoms with Gasteiger partial charge in [-0.2, -0.15) is 16.0 Å². The molecule has 1 fully saturated rings. The summed E-state index contributed by atoms with van der Waals surface area (Å²) in [7, 11) is 0. The topological polar surface area (TPSA) is 69.5 Å². The zero-order chi connectivity index (χ0) is 16.3. The summed E-state index contributed by atoms with van der Waals surface area (Å²) in [5.74, 6) is 5.18. The molecule has 0 aromatic carbocycles. The van der Waals surface area contributed by atoms with Crippen LogP contribution in [0.4, 0.5) is 4.39 Å². The summed E-state index contributed by atoms with van der Waals surface area (Å²) in [6, 6.07) is 1.83. The summed E-state index contributed by atoms with van der Waals surface area (Å²) in [6.45, 7) is 1.75. The van der Waals surface area contributed by atoms with E-state index in [9.17, 15) is 14.0 Å². The molecular weight excluding hydrogens is 317 g/mol. The Labute approximate surface area is 134 Å². The fourth-order valence-corrected chi connectivity index (χ4v) is 3.79. The van der Waals surface area contributed by atoms with E-state index in [-0.39, 0.29) is 5.92 Å². The van der Waals surface area contributed by atoms with Gasteiger partial charge in [0, 0.05) is 11.1 Å². The highest BCUT2D eigenvalue weighted by Crippen LogP contribution is 2.42. The van der Waals surface area contributed by atoms with E-state index in [0.29, 0.717) is 26.9 Å². The van der Waals surface area contributed by atoms with Gasteiger partial charge in [0.1, 0.15) is 5.82 Å². The first kappa shape index (κ1) is 14.2. The van der Waals surface area contributed by atoms with Gasteiger partial charge in [-0.05, 0) is 53.6 Å². The first-order chi connectivity index (χ1) is 11.0. The molecule has 0 spiro atoms. The van der Waals surface area contributed by atoms with E-state index in [2.05, 4.69) is 0 Å². The lowest BCUT2D eigenvalue weighted by molar-refractivity contribution is 0.616. The van der Waals surface area contributed by atoms with Gasteiger partial charge < -0.3 is 5.84 Å². The fourth-order valence-electron chi connectivity index (χ4n) is 3.14. The molecule has 5 nitrogen and oxygen atoms in total. The molecule has 0 saturated heterocycles. The summed E-state index contributed by atoms with van der Waals surface area (Å²) < 4.78 is 16.4. The quantitative estimate of drug-likeness (QED) is 0.732. The van der Waals surface area contributed by atoms with Crippen LogP contribution in [0.1, 0.15) is 29.9 Å². The Morgan fingerprint density at radius 1 is 1.35 bits per heavy atom. The third-order valence-corrected chi connectivity index (χ3v) is 5.05. The predicted molar refractivity (Wildman–Crippen MR) is 88.1 cm³/mol. The monoisotopic (exact) mass is 331 g/mol. The highest BCUT2D eigenvalue weighted by molar-refractivity contribution is 7.08. The number of thiophene rings is 1. The highest BCUT2D eigenvalue weighted by Gasteiger charge is 2.32. The number of nitrogens with two attached hydrogens (primary N) is 1. The molecule has 23 heavy (non-hydrogen) atoms. The van der Waals surface area contributed by atoms with Gasteiger partial charge in [0.2, 0.25) is 0 Å². The molecule has 3 aromatic heterocycles. The minimum Gasteiger partial charge on any atom is -0.332 e. The van der Waals surface area contributed by atoms with Crippen LogP contribution >= 0.6 is 11.3 Å². The lowest BCUT2D eigenvalue weighted by Gasteiger charge is -2.15. The van der Waals surface area contributed by atoms with E-state index in [1.807, 2.05) is 16.8 Å². The van der Waals surface area contributed by atoms with Crippen molar-refractivity contribution in [1.29, 1.82) is 0 Å². The van der Waals surface area contributed by atoms with Gasteiger partial charge in [0.05, 0.1) is 11.7 Å². The van der Waals surface area contributed by atoms with E-state index in [1.165, 1.54) is 11.3 Å². The minimum absolute atomic E-state index is 0.0902. The van der Waals surface area contributed by atoms with E-state index >= 15 is 0 Å². The molecule has 0 bridgehead atoms. The van der Waals surface area contributed by atoms with Gasteiger partial charge >= 0.3 is 5.69 Å². The molecule has 0 atom stereocenters. The molecule has 2 N–H and O–H groups in total. The largest absolute Gasteiger partial charge is 0.354 e. The first-order valence-corrected chi connectivity index (χ1v) is 8.23. The number of hydrogen-bond acceptors (Lipinski definition) is 4. The smallest absolute Gasteiger partial charge is 0.332 e. The summed E-state index contributed by atoms with van der Waals surface area (Å²) in [6.07, 6.45) is 2.90. The van der Waals surface area contributed by atoms with Crippen LogP contribution in [0.25, 0.3) is 16.6 Å². The molecule has 3 aromatic rings. The number of nitrogen functional groups attached to an aromatic ring is 1. The SMILES string of the molecule is Cc1c(-c2ccsc2)c(F)cn2c(=O)n(N)c(=O)c(C3CC3)c12. The molecule has 0 amide bonds. The number of halogens is 1. The number of hydrogen-bond donors (Lipinski definition) is 1. The van der Waals surface area contributed by atoms with Gasteiger partial charge in [-0.15, -0.1) is 0 Å². The highest BCUT2D eigenvalue weighted by atomic mass is 32.1. The molecular formula is C16H14FN3O2S. The van der Waals surface area contributed by atoms with E-state index < -0.39 is 17.1 Å². The second-order valence-corrected chi connectivity index (χ2v) is 6.63. The number of nitrogens with zero attached hydrogens (tertiary/aromatic N) is 2. The molecule has 118 valence electrons. The van der Waals surface area contributed by atoms with Gasteiger partial charge in [-0.25, -0.2) is 9.18 Å². The molecule has 0 radical (unpaired) electrons. The van der Waals surface area contributed by atoms with E-state index in [1.54, 1.807) is 6.92 Å². The van der Waals surface area contributed by atoms with Crippen LogP contribution in [0, 0.1) is 12.7 Å². The van der Waals surface area contributed by atoms with Crippen LogP contribution in [-0.2, 0) is 0 Å². The Morgan fingerprint density at radius 2 is 2.09 bits per heavy atom. The Balaban J connectivity index is 2.23. The lowest BCUT2D eigenvalue weighted by atomic mass is 9.99. The first-order valence-electron chi connectivity index (χ1n) is 7.28. The second-order valence-electron chi connectivity index (χ2n) is 5.85. The van der Waals surface area contributed by atoms with Crippen LogP contribution in [0.15, 0.2) is 32.6 Å². The van der Waals surface area contributed by atoms with Crippen molar-refractivity contribution in [1.82, 2.24) is 9.08 Å². The molecule has 0 unspecified atom stereocenters. The standard InChI is InChI=1S/C16H14FN3O2S/c1-8-12(10-4-5-23-7-10)11(17)6-19-14(8)13(9-2-3-9)15(21)20(18)16(19)22/h4-7,9H,2-3,18H2,1H3. The van der Waals surface area contributed by atoms with E-state index in [4.69, 9.17) is 5.84 Å². The van der Waals surface area contributed by atoms with Crippen molar-refractivity contribution in [3.05, 3.63) is 60.8 Å². The maximum Gasteiger partial charge on any atom is 0.354 e. The minimum atomic E-state index is -0.728. The fraction of sp³-hybridized carbons (Fsp3) is 0.250. The number of pyridine rings is 1. The Kier molecular flexibility index (Phi) is 2.96. The average molecular weight is 331 g/mol. The number of fused-ring (bicyclic) bond motifs is 1. The maximum atomic E-state index is 14.6. The van der Waals surface area contributed by atoms with Crippen LogP contribution < -0.4 is 17.1 Å². The second kappa shape index (κ2) is 4.79. The van der Waals surface area contributed by atoms with Crippen LogP contribution in [0.3, 0.4) is 0 Å². The Morgan fingerprint density at radius 3 is 2.70 bits per heavy atom. The molecule has 3 heterocycles. The van der Waals surface area contributed by atoms with Crippen LogP contribution in [-0.4, -0.2) is 9.08 Å². The Bertz CT molecular complexity index is 1050. The van der Waals surface area contributed by atoms with E-state index in [0.717, 1.165) is 29.0 Å². The van der Waals surface area contributed by atoms with Gasteiger partial charge in [0.25, 0.3) is 5.56 Å². The molecule has 0 aliphatic heterocycles. The van der Waals surface area contributed by atoms with Crippen molar-refractivity contribution < 1.29 is 4.39 Å². The maximum absolute atomic E-state index is 14.6. The summed E-state index contributed by atoms with van der Waals surface area (Å²) in [5, 5.41) is 3.71. The summed E-state index contributed by atoms with van der Waals surface area (Å²) in [5.41, 5.74) is 1.57. The third-order valence-electron chi connectivity index (χ3n) is 4.36. The van der Waals surface area contributed by atoms with Crippen molar-refractivity contribution >= 4 is 16.9 Å². The number of rotatable bonds is 2. The lowest BCUT2D eigenvalue weighted by Crippen LogP contribution is -2.44. The van der Waals surface area contributed by atoms with Gasteiger partial charge in [-0.1, -0.05) is 0 Å². The van der Waals surface area contributed by atoms with Crippen molar-refractivity contribution in [3.63, 3.8) is 0 Å². The molecule has 1 aliphatic carbocycles. The summed E-state index contributed by atoms with van der Waals surface area (Å²) >= 11 is 1.47. The predicted octanol–water partition coefficient (Wildman–Crippen LogP) is 2.23. The van der Waals surface area contributed by atoms with Crippen molar-refractivity contribution in [2.45, 2.75) is 25.7 Å². The molecule has 1 saturated carbocycles. The zero-order valence-electron chi connectivity index (χ0n) is 12.4. The summed E-state index contributed by atoms with van der Waals surface area (Å²) in [4.78, 5) is 24.7. The van der Waals surface area contributed by atoms with Crippen LogP contribution in [0.2, 0.25) is 0 Å². The molecule has 1 aliphatic rings. The zero-order valence-corrected chi connectivity index (χ0v) is 13.2. The van der Waals surface area contributed by atoms with Crippen LogP contribution in [0.5, 0.6) is 0 Å².